The molecule has 110 valence electrons. The Morgan fingerprint density at radius 1 is 0.947 bits per heavy atom. The lowest BCUT2D eigenvalue weighted by Crippen LogP contribution is -2.30. The quantitative estimate of drug-likeness (QED) is 0.366. The van der Waals surface area contributed by atoms with E-state index in [1.54, 1.807) is 0 Å². The Balaban J connectivity index is 1.90. The van der Waals surface area contributed by atoms with Crippen molar-refractivity contribution in [2.45, 2.75) is 77.2 Å². The summed E-state index contributed by atoms with van der Waals surface area (Å²) in [5.41, 5.74) is 0. The molecular formula is C15H26O4. The van der Waals surface area contributed by atoms with Crippen molar-refractivity contribution in [3.8, 4) is 0 Å². The van der Waals surface area contributed by atoms with E-state index in [0.717, 1.165) is 32.1 Å². The molecule has 1 aliphatic rings. The number of unbranched alkanes of at least 4 members (excludes halogenated alkanes) is 6. The maximum absolute atomic E-state index is 11.3. The van der Waals surface area contributed by atoms with Gasteiger partial charge in [0.25, 0.3) is 0 Å². The second-order valence-electron chi connectivity index (χ2n) is 5.22. The van der Waals surface area contributed by atoms with Crippen LogP contribution in [0, 0.1) is 0 Å². The highest BCUT2D eigenvalue weighted by Crippen LogP contribution is 2.21. The second kappa shape index (κ2) is 9.82. The van der Waals surface area contributed by atoms with Gasteiger partial charge in [0.15, 0.2) is 0 Å². The lowest BCUT2D eigenvalue weighted by molar-refractivity contribution is -0.173. The van der Waals surface area contributed by atoms with E-state index in [0.29, 0.717) is 6.61 Å². The van der Waals surface area contributed by atoms with Gasteiger partial charge in [0.1, 0.15) is 6.10 Å². The van der Waals surface area contributed by atoms with Crippen LogP contribution in [0.5, 0.6) is 0 Å². The van der Waals surface area contributed by atoms with Gasteiger partial charge in [-0.15, -0.1) is 0 Å². The maximum Gasteiger partial charge on any atom is 0.417 e. The average Bonchev–Trinajstić information content (AvgIpc) is 2.36. The van der Waals surface area contributed by atoms with Crippen LogP contribution < -0.4 is 0 Å². The molecule has 0 radical (unpaired) electrons. The lowest BCUT2D eigenvalue weighted by Gasteiger charge is -2.24. The number of carbonyl (C=O) groups is 2. The molecule has 1 saturated carbocycles. The van der Waals surface area contributed by atoms with Crippen LogP contribution in [-0.4, -0.2) is 24.6 Å². The zero-order valence-corrected chi connectivity index (χ0v) is 12.0. The topological polar surface area (TPSA) is 52.6 Å². The largest absolute Gasteiger partial charge is 0.457 e. The highest BCUT2D eigenvalue weighted by molar-refractivity contribution is 6.29. The zero-order valence-electron chi connectivity index (χ0n) is 12.0. The summed E-state index contributed by atoms with van der Waals surface area (Å²) in [4.78, 5) is 22.6. The van der Waals surface area contributed by atoms with Crippen molar-refractivity contribution in [1.29, 1.82) is 0 Å². The first-order valence-corrected chi connectivity index (χ1v) is 7.61. The summed E-state index contributed by atoms with van der Waals surface area (Å²) < 4.78 is 9.84. The first-order valence-electron chi connectivity index (χ1n) is 7.61. The Kier molecular flexibility index (Phi) is 8.26. The summed E-state index contributed by atoms with van der Waals surface area (Å²) in [6.45, 7) is 2.52. The van der Waals surface area contributed by atoms with Gasteiger partial charge in [0.2, 0.25) is 0 Å². The van der Waals surface area contributed by atoms with Crippen LogP contribution in [0.1, 0.15) is 71.1 Å². The SMILES string of the molecule is CCCCCCCCCOC(=O)C(=O)OC1CCC1. The van der Waals surface area contributed by atoms with Crippen LogP contribution in [-0.2, 0) is 19.1 Å². The predicted octanol–water partition coefficient (Wildman–Crippen LogP) is 3.38. The van der Waals surface area contributed by atoms with E-state index < -0.39 is 11.9 Å². The molecule has 19 heavy (non-hydrogen) atoms. The maximum atomic E-state index is 11.3. The number of esters is 2. The molecule has 0 spiro atoms. The Morgan fingerprint density at radius 2 is 1.58 bits per heavy atom. The van der Waals surface area contributed by atoms with Gasteiger partial charge in [-0.1, -0.05) is 45.4 Å². The minimum Gasteiger partial charge on any atom is -0.457 e. The van der Waals surface area contributed by atoms with Crippen LogP contribution in [0.25, 0.3) is 0 Å². The van der Waals surface area contributed by atoms with Crippen LogP contribution >= 0.6 is 0 Å². The minimum absolute atomic E-state index is 0.0568. The van der Waals surface area contributed by atoms with Crippen molar-refractivity contribution >= 4 is 11.9 Å². The second-order valence-corrected chi connectivity index (χ2v) is 5.22. The van der Waals surface area contributed by atoms with E-state index in [4.69, 9.17) is 9.47 Å². The van der Waals surface area contributed by atoms with Gasteiger partial charge in [-0.05, 0) is 25.7 Å². The molecule has 0 saturated heterocycles. The van der Waals surface area contributed by atoms with Crippen molar-refractivity contribution in [3.05, 3.63) is 0 Å². The average molecular weight is 270 g/mol. The van der Waals surface area contributed by atoms with E-state index in [2.05, 4.69) is 6.92 Å². The molecule has 4 heteroatoms. The number of hydrogen-bond donors (Lipinski definition) is 0. The van der Waals surface area contributed by atoms with Crippen LogP contribution in [0.15, 0.2) is 0 Å². The van der Waals surface area contributed by atoms with Gasteiger partial charge < -0.3 is 9.47 Å². The molecule has 0 heterocycles. The molecule has 1 fully saturated rings. The highest BCUT2D eigenvalue weighted by Gasteiger charge is 2.26. The molecule has 0 atom stereocenters. The minimum atomic E-state index is -0.835. The number of rotatable bonds is 9. The molecule has 0 aliphatic heterocycles. The van der Waals surface area contributed by atoms with Crippen LogP contribution in [0.3, 0.4) is 0 Å². The third-order valence-corrected chi connectivity index (χ3v) is 3.47. The van der Waals surface area contributed by atoms with Crippen LogP contribution in [0.2, 0.25) is 0 Å². The zero-order chi connectivity index (χ0) is 13.9. The molecule has 0 aromatic carbocycles. The molecule has 1 aliphatic carbocycles. The Morgan fingerprint density at radius 3 is 2.16 bits per heavy atom. The third kappa shape index (κ3) is 7.19. The molecular weight excluding hydrogens is 244 g/mol. The van der Waals surface area contributed by atoms with Gasteiger partial charge >= 0.3 is 11.9 Å². The van der Waals surface area contributed by atoms with Gasteiger partial charge in [0.05, 0.1) is 6.61 Å². The fourth-order valence-corrected chi connectivity index (χ4v) is 1.97. The first-order chi connectivity index (χ1) is 9.24. The molecule has 0 amide bonds. The Hall–Kier alpha value is -1.06. The summed E-state index contributed by atoms with van der Waals surface area (Å²) in [6.07, 6.45) is 10.9. The predicted molar refractivity (Wildman–Crippen MR) is 72.7 cm³/mol. The van der Waals surface area contributed by atoms with Crippen molar-refractivity contribution in [3.63, 3.8) is 0 Å². The summed E-state index contributed by atoms with van der Waals surface area (Å²) in [6, 6.07) is 0. The third-order valence-electron chi connectivity index (χ3n) is 3.47. The normalized spacial score (nSPS) is 14.8. The van der Waals surface area contributed by atoms with Gasteiger partial charge in [-0.25, -0.2) is 9.59 Å². The van der Waals surface area contributed by atoms with Gasteiger partial charge in [-0.3, -0.25) is 0 Å². The molecule has 0 aromatic rings. The summed E-state index contributed by atoms with van der Waals surface area (Å²) in [5.74, 6) is -1.66. The van der Waals surface area contributed by atoms with E-state index in [1.807, 2.05) is 0 Å². The molecule has 0 aromatic heterocycles. The number of ether oxygens (including phenoxy) is 2. The fraction of sp³-hybridized carbons (Fsp3) is 0.867. The summed E-state index contributed by atoms with van der Waals surface area (Å²) in [7, 11) is 0. The van der Waals surface area contributed by atoms with Crippen LogP contribution in [0.4, 0.5) is 0 Å². The van der Waals surface area contributed by atoms with E-state index in [-0.39, 0.29) is 6.10 Å². The fourth-order valence-electron chi connectivity index (χ4n) is 1.97. The van der Waals surface area contributed by atoms with Gasteiger partial charge in [-0.2, -0.15) is 0 Å². The summed E-state index contributed by atoms with van der Waals surface area (Å²) in [5, 5.41) is 0. The lowest BCUT2D eigenvalue weighted by atomic mass is 9.96. The number of hydrogen-bond acceptors (Lipinski definition) is 4. The van der Waals surface area contributed by atoms with Gasteiger partial charge in [0, 0.05) is 0 Å². The van der Waals surface area contributed by atoms with E-state index >= 15 is 0 Å². The smallest absolute Gasteiger partial charge is 0.417 e. The van der Waals surface area contributed by atoms with E-state index in [9.17, 15) is 9.59 Å². The van der Waals surface area contributed by atoms with Crippen molar-refractivity contribution in [2.24, 2.45) is 0 Å². The van der Waals surface area contributed by atoms with Crippen molar-refractivity contribution in [1.82, 2.24) is 0 Å². The van der Waals surface area contributed by atoms with Crippen molar-refractivity contribution in [2.75, 3.05) is 6.61 Å². The summed E-state index contributed by atoms with van der Waals surface area (Å²) >= 11 is 0. The molecule has 0 bridgehead atoms. The van der Waals surface area contributed by atoms with E-state index in [1.165, 1.54) is 32.1 Å². The highest BCUT2D eigenvalue weighted by atomic mass is 16.6. The molecule has 1 rings (SSSR count). The first kappa shape index (κ1) is 16.0. The Labute approximate surface area is 115 Å². The Bertz CT molecular complexity index is 271. The molecule has 0 unspecified atom stereocenters. The number of carbonyl (C=O) groups excluding carboxylic acids is 2. The molecule has 0 N–H and O–H groups in total. The monoisotopic (exact) mass is 270 g/mol. The standard InChI is InChI=1S/C15H26O4/c1-2-3-4-5-6-7-8-12-18-14(16)15(17)19-13-10-9-11-13/h13H,2-12H2,1H3. The van der Waals surface area contributed by atoms with Crippen molar-refractivity contribution < 1.29 is 19.1 Å². The molecule has 4 nitrogen and oxygen atoms in total.